The molecule has 3 rings (SSSR count). The number of halogens is 1. The molecule has 0 radical (unpaired) electrons. The Morgan fingerprint density at radius 1 is 0.923 bits per heavy atom. The van der Waals surface area contributed by atoms with Crippen LogP contribution in [0.3, 0.4) is 0 Å². The van der Waals surface area contributed by atoms with Gasteiger partial charge in [0.15, 0.2) is 0 Å². The van der Waals surface area contributed by atoms with Gasteiger partial charge >= 0.3 is 0 Å². The fourth-order valence-electron chi connectivity index (χ4n) is 3.24. The molecular formula is C20H26ClN5. The SMILES string of the molecule is CC1(C)N=C(N)N=C(N)N1c1cccc(CCCc2ccccc2)c1.Cl. The molecule has 1 aliphatic rings. The third-order valence-corrected chi connectivity index (χ3v) is 4.34. The molecule has 1 aliphatic heterocycles. The van der Waals surface area contributed by atoms with Crippen LogP contribution in [-0.4, -0.2) is 17.6 Å². The largest absolute Gasteiger partial charge is 0.369 e. The molecule has 0 atom stereocenters. The van der Waals surface area contributed by atoms with Gasteiger partial charge in [-0.2, -0.15) is 4.99 Å². The number of guanidine groups is 2. The van der Waals surface area contributed by atoms with Crippen molar-refractivity contribution in [2.24, 2.45) is 21.5 Å². The predicted octanol–water partition coefficient (Wildman–Crippen LogP) is 3.47. The molecular weight excluding hydrogens is 346 g/mol. The minimum Gasteiger partial charge on any atom is -0.369 e. The normalized spacial score (nSPS) is 15.7. The summed E-state index contributed by atoms with van der Waals surface area (Å²) >= 11 is 0. The second-order valence-electron chi connectivity index (χ2n) is 6.78. The molecule has 0 spiro atoms. The Labute approximate surface area is 161 Å². The van der Waals surface area contributed by atoms with E-state index in [0.717, 1.165) is 24.9 Å². The Kier molecular flexibility index (Phi) is 6.27. The van der Waals surface area contributed by atoms with E-state index in [1.165, 1.54) is 11.1 Å². The van der Waals surface area contributed by atoms with Gasteiger partial charge in [-0.3, -0.25) is 4.90 Å². The molecule has 0 saturated carbocycles. The maximum atomic E-state index is 6.12. The van der Waals surface area contributed by atoms with Crippen LogP contribution in [0.15, 0.2) is 64.6 Å². The fraction of sp³-hybridized carbons (Fsp3) is 0.300. The molecule has 0 aliphatic carbocycles. The molecule has 0 fully saturated rings. The van der Waals surface area contributed by atoms with Crippen LogP contribution in [0.1, 0.15) is 31.4 Å². The fourth-order valence-corrected chi connectivity index (χ4v) is 3.24. The van der Waals surface area contributed by atoms with Gasteiger partial charge < -0.3 is 11.5 Å². The zero-order chi connectivity index (χ0) is 17.9. The molecule has 1 heterocycles. The van der Waals surface area contributed by atoms with Gasteiger partial charge in [-0.1, -0.05) is 42.5 Å². The van der Waals surface area contributed by atoms with Gasteiger partial charge in [0.25, 0.3) is 0 Å². The number of hydrogen-bond acceptors (Lipinski definition) is 5. The molecule has 5 nitrogen and oxygen atoms in total. The molecule has 0 saturated heterocycles. The Morgan fingerprint density at radius 2 is 1.58 bits per heavy atom. The van der Waals surface area contributed by atoms with Gasteiger partial charge in [-0.05, 0) is 56.4 Å². The lowest BCUT2D eigenvalue weighted by atomic mass is 10.0. The highest BCUT2D eigenvalue weighted by Gasteiger charge is 2.32. The van der Waals surface area contributed by atoms with Crippen LogP contribution in [-0.2, 0) is 12.8 Å². The summed E-state index contributed by atoms with van der Waals surface area (Å²) in [7, 11) is 0. The molecule has 0 unspecified atom stereocenters. The number of aryl methyl sites for hydroxylation is 2. The summed E-state index contributed by atoms with van der Waals surface area (Å²) in [5.41, 5.74) is 14.9. The van der Waals surface area contributed by atoms with Crippen LogP contribution in [0.5, 0.6) is 0 Å². The zero-order valence-electron chi connectivity index (χ0n) is 15.2. The topological polar surface area (TPSA) is 80.0 Å². The van der Waals surface area contributed by atoms with Crippen molar-refractivity contribution >= 4 is 30.0 Å². The summed E-state index contributed by atoms with van der Waals surface area (Å²) in [6, 6.07) is 19.0. The summed E-state index contributed by atoms with van der Waals surface area (Å²) in [4.78, 5) is 10.4. The van der Waals surface area contributed by atoms with Crippen molar-refractivity contribution in [1.82, 2.24) is 0 Å². The third-order valence-electron chi connectivity index (χ3n) is 4.34. The Hall–Kier alpha value is -2.53. The number of anilines is 1. The van der Waals surface area contributed by atoms with Crippen molar-refractivity contribution in [2.45, 2.75) is 38.8 Å². The number of benzene rings is 2. The zero-order valence-corrected chi connectivity index (χ0v) is 16.0. The first-order valence-corrected chi connectivity index (χ1v) is 8.58. The lowest BCUT2D eigenvalue weighted by Crippen LogP contribution is -2.54. The summed E-state index contributed by atoms with van der Waals surface area (Å²) in [5.74, 6) is 0.594. The highest BCUT2D eigenvalue weighted by molar-refractivity contribution is 6.05. The quantitative estimate of drug-likeness (QED) is 0.844. The molecule has 2 aromatic rings. The average molecular weight is 372 g/mol. The highest BCUT2D eigenvalue weighted by Crippen LogP contribution is 2.28. The lowest BCUT2D eigenvalue weighted by Gasteiger charge is -2.38. The first-order chi connectivity index (χ1) is 12.0. The molecule has 0 bridgehead atoms. The van der Waals surface area contributed by atoms with Crippen molar-refractivity contribution in [3.8, 4) is 0 Å². The van der Waals surface area contributed by atoms with Crippen molar-refractivity contribution in [1.29, 1.82) is 0 Å². The molecule has 26 heavy (non-hydrogen) atoms. The second-order valence-corrected chi connectivity index (χ2v) is 6.78. The van der Waals surface area contributed by atoms with E-state index < -0.39 is 5.66 Å². The van der Waals surface area contributed by atoms with Gasteiger partial charge in [0.05, 0.1) is 0 Å². The number of nitrogens with zero attached hydrogens (tertiary/aromatic N) is 3. The maximum Gasteiger partial charge on any atom is 0.220 e. The number of hydrogen-bond donors (Lipinski definition) is 2. The van der Waals surface area contributed by atoms with E-state index in [4.69, 9.17) is 11.5 Å². The minimum atomic E-state index is -0.557. The first-order valence-electron chi connectivity index (χ1n) is 8.58. The van der Waals surface area contributed by atoms with Gasteiger partial charge in [0, 0.05) is 5.69 Å². The lowest BCUT2D eigenvalue weighted by molar-refractivity contribution is 0.533. The Bertz CT molecular complexity index is 799. The average Bonchev–Trinajstić information content (AvgIpc) is 2.54. The van der Waals surface area contributed by atoms with Crippen LogP contribution >= 0.6 is 12.4 Å². The monoisotopic (exact) mass is 371 g/mol. The predicted molar refractivity (Wildman–Crippen MR) is 112 cm³/mol. The van der Waals surface area contributed by atoms with Crippen molar-refractivity contribution < 1.29 is 0 Å². The number of nitrogens with two attached hydrogens (primary N) is 2. The standard InChI is InChI=1S/C20H25N5.ClH/c1-20(2)24-18(21)23-19(22)25(20)17-13-7-12-16(14-17)11-6-10-15-8-4-3-5-9-15;/h3-5,7-9,12-14H,6,10-11H2,1-2H3,(H4,21,22,23,24);1H. The summed E-state index contributed by atoms with van der Waals surface area (Å²) in [6.07, 6.45) is 3.19. The van der Waals surface area contributed by atoms with Gasteiger partial charge in [0.1, 0.15) is 5.66 Å². The molecule has 6 heteroatoms. The van der Waals surface area contributed by atoms with Gasteiger partial charge in [-0.15, -0.1) is 12.4 Å². The molecule has 138 valence electrons. The molecule has 4 N–H and O–H groups in total. The van der Waals surface area contributed by atoms with Crippen molar-refractivity contribution in [3.63, 3.8) is 0 Å². The minimum absolute atomic E-state index is 0. The van der Waals surface area contributed by atoms with E-state index in [0.29, 0.717) is 5.96 Å². The molecule has 2 aromatic carbocycles. The maximum absolute atomic E-state index is 6.12. The van der Waals surface area contributed by atoms with Gasteiger partial charge in [-0.25, -0.2) is 4.99 Å². The van der Waals surface area contributed by atoms with Crippen molar-refractivity contribution in [2.75, 3.05) is 4.90 Å². The second kappa shape index (κ2) is 8.23. The summed E-state index contributed by atoms with van der Waals surface area (Å²) in [5, 5.41) is 0. The number of aliphatic imine (C=N–C) groups is 2. The Balaban J connectivity index is 0.00000243. The van der Waals surface area contributed by atoms with Crippen molar-refractivity contribution in [3.05, 3.63) is 65.7 Å². The number of rotatable bonds is 5. The van der Waals surface area contributed by atoms with E-state index in [-0.39, 0.29) is 18.4 Å². The van der Waals surface area contributed by atoms with E-state index in [9.17, 15) is 0 Å². The summed E-state index contributed by atoms with van der Waals surface area (Å²) in [6.45, 7) is 3.95. The molecule has 0 aromatic heterocycles. The van der Waals surface area contributed by atoms with Crippen LogP contribution in [0, 0.1) is 0 Å². The van der Waals surface area contributed by atoms with Crippen LogP contribution in [0.2, 0.25) is 0 Å². The van der Waals surface area contributed by atoms with Gasteiger partial charge in [0.2, 0.25) is 11.9 Å². The first kappa shape index (κ1) is 19.8. The van der Waals surface area contributed by atoms with E-state index in [2.05, 4.69) is 58.5 Å². The smallest absolute Gasteiger partial charge is 0.220 e. The van der Waals surface area contributed by atoms with Crippen LogP contribution < -0.4 is 16.4 Å². The van der Waals surface area contributed by atoms with Crippen LogP contribution in [0.25, 0.3) is 0 Å². The third kappa shape index (κ3) is 4.55. The van der Waals surface area contributed by atoms with E-state index >= 15 is 0 Å². The highest BCUT2D eigenvalue weighted by atomic mass is 35.5. The van der Waals surface area contributed by atoms with E-state index in [1.54, 1.807) is 0 Å². The summed E-state index contributed by atoms with van der Waals surface area (Å²) < 4.78 is 0. The van der Waals surface area contributed by atoms with Crippen LogP contribution in [0.4, 0.5) is 5.69 Å². The van der Waals surface area contributed by atoms with E-state index in [1.807, 2.05) is 24.8 Å². The molecule has 0 amide bonds. The Morgan fingerprint density at radius 3 is 2.27 bits per heavy atom.